The molecule has 2 aromatic rings. The van der Waals surface area contributed by atoms with E-state index in [2.05, 4.69) is 4.72 Å². The van der Waals surface area contributed by atoms with Crippen LogP contribution >= 0.6 is 0 Å². The molecule has 0 aliphatic heterocycles. The van der Waals surface area contributed by atoms with Gasteiger partial charge < -0.3 is 0 Å². The van der Waals surface area contributed by atoms with Gasteiger partial charge in [-0.25, -0.2) is 13.1 Å². The molecular weight excluding hydrogens is 284 g/mol. The van der Waals surface area contributed by atoms with Gasteiger partial charge in [0.1, 0.15) is 0 Å². The molecule has 1 aliphatic carbocycles. The molecule has 0 heterocycles. The Morgan fingerprint density at radius 1 is 1.14 bits per heavy atom. The van der Waals surface area contributed by atoms with Crippen molar-refractivity contribution in [3.05, 3.63) is 65.2 Å². The number of aryl methyl sites for hydroxylation is 1. The molecule has 5 heteroatoms. The summed E-state index contributed by atoms with van der Waals surface area (Å²) in [5.74, 6) is 0. The van der Waals surface area contributed by atoms with Crippen molar-refractivity contribution in [2.24, 2.45) is 0 Å². The number of nitriles is 1. The maximum absolute atomic E-state index is 12.4. The van der Waals surface area contributed by atoms with Gasteiger partial charge in [-0.05, 0) is 42.2 Å². The van der Waals surface area contributed by atoms with E-state index in [0.29, 0.717) is 5.56 Å². The van der Waals surface area contributed by atoms with Gasteiger partial charge in [-0.1, -0.05) is 30.3 Å². The van der Waals surface area contributed by atoms with Crippen LogP contribution in [0.25, 0.3) is 0 Å². The molecule has 0 saturated carbocycles. The third-order valence-electron chi connectivity index (χ3n) is 3.70. The zero-order valence-corrected chi connectivity index (χ0v) is 12.1. The first-order valence-electron chi connectivity index (χ1n) is 6.70. The molecular formula is C16H14N2O2S. The minimum Gasteiger partial charge on any atom is -0.207 e. The fourth-order valence-corrected chi connectivity index (χ4v) is 3.96. The molecule has 0 bridgehead atoms. The molecule has 0 saturated heterocycles. The average Bonchev–Trinajstić information content (AvgIpc) is 2.90. The topological polar surface area (TPSA) is 70.0 Å². The molecule has 1 N–H and O–H groups in total. The molecule has 1 aliphatic rings. The predicted molar refractivity (Wildman–Crippen MR) is 79.0 cm³/mol. The van der Waals surface area contributed by atoms with E-state index in [1.807, 2.05) is 30.3 Å². The summed E-state index contributed by atoms with van der Waals surface area (Å²) in [4.78, 5) is 0.130. The van der Waals surface area contributed by atoms with Crippen LogP contribution in [0.3, 0.4) is 0 Å². The second kappa shape index (κ2) is 5.32. The number of hydrogen-bond donors (Lipinski definition) is 1. The van der Waals surface area contributed by atoms with Crippen molar-refractivity contribution < 1.29 is 8.42 Å². The van der Waals surface area contributed by atoms with Crippen LogP contribution in [0.1, 0.15) is 29.2 Å². The normalized spacial score (nSPS) is 17.2. The Balaban J connectivity index is 1.89. The molecule has 0 fully saturated rings. The third-order valence-corrected chi connectivity index (χ3v) is 5.17. The molecule has 1 unspecified atom stereocenters. The summed E-state index contributed by atoms with van der Waals surface area (Å²) in [6.07, 6.45) is 1.64. The van der Waals surface area contributed by atoms with E-state index in [1.54, 1.807) is 12.1 Å². The first kappa shape index (κ1) is 13.8. The number of benzene rings is 2. The summed E-state index contributed by atoms with van der Waals surface area (Å²) in [5, 5.41) is 8.88. The molecule has 106 valence electrons. The van der Waals surface area contributed by atoms with Gasteiger partial charge in [0.25, 0.3) is 0 Å². The number of nitrogens with zero attached hydrogens (tertiary/aromatic N) is 1. The van der Waals surface area contributed by atoms with Gasteiger partial charge in [-0.2, -0.15) is 5.26 Å². The zero-order valence-electron chi connectivity index (χ0n) is 11.3. The highest BCUT2D eigenvalue weighted by Crippen LogP contribution is 2.32. The number of fused-ring (bicyclic) bond motifs is 1. The van der Waals surface area contributed by atoms with Crippen molar-refractivity contribution in [2.45, 2.75) is 23.8 Å². The zero-order chi connectivity index (χ0) is 14.9. The first-order valence-corrected chi connectivity index (χ1v) is 8.19. The van der Waals surface area contributed by atoms with E-state index in [-0.39, 0.29) is 10.9 Å². The molecule has 0 aromatic heterocycles. The summed E-state index contributed by atoms with van der Waals surface area (Å²) >= 11 is 0. The molecule has 2 aromatic carbocycles. The van der Waals surface area contributed by atoms with Gasteiger partial charge in [0.15, 0.2) is 0 Å². The molecule has 0 spiro atoms. The number of rotatable bonds is 3. The Bertz CT molecular complexity index is 822. The quantitative estimate of drug-likeness (QED) is 0.946. The minimum absolute atomic E-state index is 0.130. The molecule has 0 radical (unpaired) electrons. The van der Waals surface area contributed by atoms with E-state index >= 15 is 0 Å². The van der Waals surface area contributed by atoms with Crippen LogP contribution in [0.4, 0.5) is 0 Å². The van der Waals surface area contributed by atoms with Crippen molar-refractivity contribution in [1.29, 1.82) is 5.26 Å². The summed E-state index contributed by atoms with van der Waals surface area (Å²) < 4.78 is 27.6. The Kier molecular flexibility index (Phi) is 3.50. The smallest absolute Gasteiger partial charge is 0.207 e. The van der Waals surface area contributed by atoms with Gasteiger partial charge in [-0.3, -0.25) is 0 Å². The monoisotopic (exact) mass is 298 g/mol. The lowest BCUT2D eigenvalue weighted by molar-refractivity contribution is 0.554. The lowest BCUT2D eigenvalue weighted by atomic mass is 10.1. The molecule has 3 rings (SSSR count). The van der Waals surface area contributed by atoms with E-state index in [4.69, 9.17) is 5.26 Å². The lowest BCUT2D eigenvalue weighted by Gasteiger charge is -2.14. The molecule has 0 amide bonds. The van der Waals surface area contributed by atoms with Crippen molar-refractivity contribution in [1.82, 2.24) is 4.72 Å². The van der Waals surface area contributed by atoms with Crippen LogP contribution in [-0.2, 0) is 16.4 Å². The number of hydrogen-bond acceptors (Lipinski definition) is 3. The second-order valence-electron chi connectivity index (χ2n) is 5.05. The molecule has 4 nitrogen and oxygen atoms in total. The van der Waals surface area contributed by atoms with Gasteiger partial charge in [-0.15, -0.1) is 0 Å². The van der Waals surface area contributed by atoms with Crippen molar-refractivity contribution in [3.63, 3.8) is 0 Å². The van der Waals surface area contributed by atoms with Gasteiger partial charge >= 0.3 is 0 Å². The summed E-state index contributed by atoms with van der Waals surface area (Å²) in [5.41, 5.74) is 2.57. The van der Waals surface area contributed by atoms with Crippen LogP contribution in [0.15, 0.2) is 53.4 Å². The largest absolute Gasteiger partial charge is 0.241 e. The minimum atomic E-state index is -3.62. The van der Waals surface area contributed by atoms with Crippen LogP contribution in [0.5, 0.6) is 0 Å². The van der Waals surface area contributed by atoms with Crippen molar-refractivity contribution >= 4 is 10.0 Å². The average molecular weight is 298 g/mol. The fourth-order valence-electron chi connectivity index (χ4n) is 2.67. The summed E-state index contributed by atoms with van der Waals surface area (Å²) in [6, 6.07) is 15.7. The van der Waals surface area contributed by atoms with Crippen molar-refractivity contribution in [3.8, 4) is 6.07 Å². The Morgan fingerprint density at radius 2 is 1.95 bits per heavy atom. The van der Waals surface area contributed by atoms with E-state index in [0.717, 1.165) is 18.4 Å². The Labute approximate surface area is 124 Å². The second-order valence-corrected chi connectivity index (χ2v) is 6.76. The molecule has 21 heavy (non-hydrogen) atoms. The summed E-state index contributed by atoms with van der Waals surface area (Å²) in [6.45, 7) is 0. The van der Waals surface area contributed by atoms with Crippen LogP contribution in [-0.4, -0.2) is 8.42 Å². The maximum atomic E-state index is 12.4. The van der Waals surface area contributed by atoms with E-state index in [1.165, 1.54) is 17.7 Å². The van der Waals surface area contributed by atoms with Crippen LogP contribution in [0, 0.1) is 11.3 Å². The van der Waals surface area contributed by atoms with Gasteiger partial charge in [0.2, 0.25) is 10.0 Å². The van der Waals surface area contributed by atoms with Gasteiger partial charge in [0.05, 0.1) is 16.5 Å². The highest BCUT2D eigenvalue weighted by molar-refractivity contribution is 7.89. The summed E-state index contributed by atoms with van der Waals surface area (Å²) in [7, 11) is -3.62. The highest BCUT2D eigenvalue weighted by atomic mass is 32.2. The Morgan fingerprint density at radius 3 is 2.76 bits per heavy atom. The van der Waals surface area contributed by atoms with Gasteiger partial charge in [0, 0.05) is 6.04 Å². The SMILES string of the molecule is N#Cc1cccc(S(=O)(=O)NC2CCc3ccccc32)c1. The first-order chi connectivity index (χ1) is 10.1. The van der Waals surface area contributed by atoms with Crippen molar-refractivity contribution in [2.75, 3.05) is 0 Å². The lowest BCUT2D eigenvalue weighted by Crippen LogP contribution is -2.27. The molecule has 1 atom stereocenters. The number of nitrogens with one attached hydrogen (secondary N) is 1. The maximum Gasteiger partial charge on any atom is 0.241 e. The van der Waals surface area contributed by atoms with Crippen LogP contribution < -0.4 is 4.72 Å². The van der Waals surface area contributed by atoms with E-state index in [9.17, 15) is 8.42 Å². The van der Waals surface area contributed by atoms with Crippen LogP contribution in [0.2, 0.25) is 0 Å². The van der Waals surface area contributed by atoms with E-state index < -0.39 is 10.0 Å². The number of sulfonamides is 1. The standard InChI is InChI=1S/C16H14N2O2S/c17-11-12-4-3-6-14(10-12)21(19,20)18-16-9-8-13-5-1-2-7-15(13)16/h1-7,10,16,18H,8-9H2. The fraction of sp³-hybridized carbons (Fsp3) is 0.188. The highest BCUT2D eigenvalue weighted by Gasteiger charge is 2.27. The predicted octanol–water partition coefficient (Wildman–Crippen LogP) is 2.52. The third kappa shape index (κ3) is 2.68. The Hall–Kier alpha value is -2.16.